The molecular weight excluding hydrogens is 499 g/mol. The fourth-order valence-electron chi connectivity index (χ4n) is 4.10. The number of amides is 1. The van der Waals surface area contributed by atoms with Gasteiger partial charge >= 0.3 is 6.18 Å². The van der Waals surface area contributed by atoms with Crippen LogP contribution in [0.1, 0.15) is 16.1 Å². The van der Waals surface area contributed by atoms with Crippen molar-refractivity contribution in [1.82, 2.24) is 20.3 Å². The Morgan fingerprint density at radius 3 is 2.61 bits per heavy atom. The third-order valence-corrected chi connectivity index (χ3v) is 6.03. The number of nitrogens with one attached hydrogen (secondary N) is 3. The van der Waals surface area contributed by atoms with Crippen molar-refractivity contribution in [1.29, 1.82) is 0 Å². The van der Waals surface area contributed by atoms with Crippen LogP contribution in [-0.2, 0) is 6.18 Å². The Labute approximate surface area is 216 Å². The third kappa shape index (κ3) is 5.44. The summed E-state index contributed by atoms with van der Waals surface area (Å²) in [4.78, 5) is 27.7. The van der Waals surface area contributed by atoms with Gasteiger partial charge in [-0.2, -0.15) is 18.2 Å². The van der Waals surface area contributed by atoms with Crippen LogP contribution in [0.3, 0.4) is 0 Å². The molecule has 3 heterocycles. The van der Waals surface area contributed by atoms with Crippen molar-refractivity contribution in [2.75, 3.05) is 48.8 Å². The SMILES string of the molecule is COc1cnc(N2CCNCC2)nc1Nc1ccc(NC(=O)c2ccc3ccccc3n2)cc1C(F)(F)F. The lowest BCUT2D eigenvalue weighted by Crippen LogP contribution is -2.44. The number of carbonyl (C=O) groups is 1. The number of para-hydroxylation sites is 1. The molecule has 1 saturated heterocycles. The van der Waals surface area contributed by atoms with E-state index in [9.17, 15) is 18.0 Å². The standard InChI is InChI=1S/C26H24F3N7O2/c1-38-22-15-31-25(36-12-10-30-11-13-36)35-23(22)34-20-9-7-17(14-18(20)26(27,28)29)32-24(37)21-8-6-16-4-2-3-5-19(16)33-21/h2-9,14-15,30H,10-13H2,1H3,(H,32,37)(H,31,34,35). The molecular formula is C26H24F3N7O2. The van der Waals surface area contributed by atoms with Crippen LogP contribution in [0.2, 0.25) is 0 Å². The topological polar surface area (TPSA) is 104 Å². The number of anilines is 4. The monoisotopic (exact) mass is 523 g/mol. The number of alkyl halides is 3. The summed E-state index contributed by atoms with van der Waals surface area (Å²) >= 11 is 0. The van der Waals surface area contributed by atoms with E-state index in [2.05, 4.69) is 30.9 Å². The van der Waals surface area contributed by atoms with Gasteiger partial charge in [0.2, 0.25) is 5.95 Å². The van der Waals surface area contributed by atoms with E-state index in [0.29, 0.717) is 24.6 Å². The van der Waals surface area contributed by atoms with Gasteiger partial charge in [-0.05, 0) is 30.3 Å². The summed E-state index contributed by atoms with van der Waals surface area (Å²) in [7, 11) is 1.39. The van der Waals surface area contributed by atoms with E-state index in [0.717, 1.165) is 24.5 Å². The lowest BCUT2D eigenvalue weighted by Gasteiger charge is -2.27. The number of piperazine rings is 1. The second-order valence-corrected chi connectivity index (χ2v) is 8.55. The van der Waals surface area contributed by atoms with Crippen LogP contribution >= 0.6 is 0 Å². The largest absolute Gasteiger partial charge is 0.491 e. The highest BCUT2D eigenvalue weighted by molar-refractivity contribution is 6.04. The summed E-state index contributed by atoms with van der Waals surface area (Å²) in [6.07, 6.45) is -3.29. The van der Waals surface area contributed by atoms with E-state index in [1.54, 1.807) is 18.2 Å². The van der Waals surface area contributed by atoms with E-state index in [1.807, 2.05) is 17.0 Å². The maximum atomic E-state index is 14.1. The summed E-state index contributed by atoms with van der Waals surface area (Å²) in [5, 5.41) is 9.33. The quantitative estimate of drug-likeness (QED) is 0.341. The Morgan fingerprint density at radius 1 is 1.05 bits per heavy atom. The number of ether oxygens (including phenoxy) is 1. The number of fused-ring (bicyclic) bond motifs is 1. The van der Waals surface area contributed by atoms with Crippen molar-refractivity contribution in [3.63, 3.8) is 0 Å². The average Bonchev–Trinajstić information content (AvgIpc) is 2.93. The minimum absolute atomic E-state index is 0.0287. The number of carbonyl (C=O) groups excluding carboxylic acids is 1. The second-order valence-electron chi connectivity index (χ2n) is 8.55. The number of aromatic nitrogens is 3. The third-order valence-electron chi connectivity index (χ3n) is 6.03. The predicted molar refractivity (Wildman–Crippen MR) is 138 cm³/mol. The first-order valence-corrected chi connectivity index (χ1v) is 11.8. The van der Waals surface area contributed by atoms with Gasteiger partial charge in [-0.3, -0.25) is 4.79 Å². The molecule has 1 aliphatic heterocycles. The van der Waals surface area contributed by atoms with E-state index in [4.69, 9.17) is 4.74 Å². The molecule has 196 valence electrons. The molecule has 5 rings (SSSR count). The molecule has 0 saturated carbocycles. The Kier molecular flexibility index (Phi) is 6.97. The maximum Gasteiger partial charge on any atom is 0.418 e. The Morgan fingerprint density at radius 2 is 1.84 bits per heavy atom. The molecule has 4 aromatic rings. The van der Waals surface area contributed by atoms with Crippen molar-refractivity contribution < 1.29 is 22.7 Å². The lowest BCUT2D eigenvalue weighted by atomic mass is 10.1. The molecule has 0 bridgehead atoms. The van der Waals surface area contributed by atoms with Crippen LogP contribution in [-0.4, -0.2) is 54.1 Å². The van der Waals surface area contributed by atoms with Crippen LogP contribution in [0.25, 0.3) is 10.9 Å². The number of hydrogen-bond acceptors (Lipinski definition) is 8. The van der Waals surface area contributed by atoms with Crippen LogP contribution < -0.4 is 25.6 Å². The zero-order valence-electron chi connectivity index (χ0n) is 20.3. The van der Waals surface area contributed by atoms with E-state index >= 15 is 0 Å². The fourth-order valence-corrected chi connectivity index (χ4v) is 4.10. The van der Waals surface area contributed by atoms with Gasteiger partial charge in [-0.1, -0.05) is 24.3 Å². The van der Waals surface area contributed by atoms with E-state index in [-0.39, 0.29) is 28.6 Å². The number of halogens is 3. The van der Waals surface area contributed by atoms with Crippen LogP contribution in [0, 0.1) is 0 Å². The summed E-state index contributed by atoms with van der Waals surface area (Å²) in [5.74, 6) is 0.0493. The van der Waals surface area contributed by atoms with Gasteiger partial charge in [0.1, 0.15) is 5.69 Å². The molecule has 0 atom stereocenters. The van der Waals surface area contributed by atoms with Crippen LogP contribution in [0.15, 0.2) is 60.8 Å². The van der Waals surface area contributed by atoms with Gasteiger partial charge in [0.25, 0.3) is 5.91 Å². The highest BCUT2D eigenvalue weighted by Crippen LogP contribution is 2.39. The van der Waals surface area contributed by atoms with Crippen molar-refractivity contribution in [2.45, 2.75) is 6.18 Å². The summed E-state index contributed by atoms with van der Waals surface area (Å²) in [6.45, 7) is 2.83. The molecule has 0 radical (unpaired) electrons. The number of pyridine rings is 1. The van der Waals surface area contributed by atoms with Crippen LogP contribution in [0.4, 0.5) is 36.3 Å². The highest BCUT2D eigenvalue weighted by atomic mass is 19.4. The Balaban J connectivity index is 1.42. The summed E-state index contributed by atoms with van der Waals surface area (Å²) in [6, 6.07) is 14.0. The molecule has 2 aromatic heterocycles. The van der Waals surface area contributed by atoms with Gasteiger partial charge in [0, 0.05) is 37.3 Å². The summed E-state index contributed by atoms with van der Waals surface area (Å²) < 4.78 is 47.5. The zero-order valence-corrected chi connectivity index (χ0v) is 20.3. The fraction of sp³-hybridized carbons (Fsp3) is 0.231. The second kappa shape index (κ2) is 10.5. The van der Waals surface area contributed by atoms with Crippen molar-refractivity contribution in [3.05, 3.63) is 72.1 Å². The molecule has 1 amide bonds. The number of nitrogens with zero attached hydrogens (tertiary/aromatic N) is 4. The Bertz CT molecular complexity index is 1470. The molecule has 38 heavy (non-hydrogen) atoms. The average molecular weight is 524 g/mol. The summed E-state index contributed by atoms with van der Waals surface area (Å²) in [5.41, 5.74) is -0.562. The van der Waals surface area contributed by atoms with E-state index in [1.165, 1.54) is 31.5 Å². The molecule has 2 aromatic carbocycles. The van der Waals surface area contributed by atoms with Crippen molar-refractivity contribution >= 4 is 40.0 Å². The minimum atomic E-state index is -4.72. The lowest BCUT2D eigenvalue weighted by molar-refractivity contribution is -0.136. The number of hydrogen-bond donors (Lipinski definition) is 3. The van der Waals surface area contributed by atoms with E-state index < -0.39 is 17.6 Å². The minimum Gasteiger partial charge on any atom is -0.491 e. The molecule has 0 aliphatic carbocycles. The molecule has 1 fully saturated rings. The zero-order chi connectivity index (χ0) is 26.7. The number of methoxy groups -OCH3 is 1. The first kappa shape index (κ1) is 25.2. The molecule has 0 spiro atoms. The molecule has 3 N–H and O–H groups in total. The smallest absolute Gasteiger partial charge is 0.418 e. The van der Waals surface area contributed by atoms with Gasteiger partial charge < -0.3 is 25.6 Å². The van der Waals surface area contributed by atoms with Gasteiger partial charge in [0.05, 0.1) is 30.1 Å². The number of benzene rings is 2. The molecule has 9 nitrogen and oxygen atoms in total. The molecule has 1 aliphatic rings. The van der Waals surface area contributed by atoms with Crippen LogP contribution in [0.5, 0.6) is 5.75 Å². The predicted octanol–water partition coefficient (Wildman–Crippen LogP) is 4.46. The van der Waals surface area contributed by atoms with Crippen molar-refractivity contribution in [3.8, 4) is 5.75 Å². The van der Waals surface area contributed by atoms with Gasteiger partial charge in [-0.25, -0.2) is 9.97 Å². The van der Waals surface area contributed by atoms with Crippen molar-refractivity contribution in [2.24, 2.45) is 0 Å². The normalized spacial score (nSPS) is 13.8. The Hall–Kier alpha value is -4.45. The molecule has 0 unspecified atom stereocenters. The first-order chi connectivity index (χ1) is 18.3. The molecule has 12 heteroatoms. The van der Waals surface area contributed by atoms with Gasteiger partial charge in [0.15, 0.2) is 11.6 Å². The number of rotatable bonds is 6. The highest BCUT2D eigenvalue weighted by Gasteiger charge is 2.34. The maximum absolute atomic E-state index is 14.1. The first-order valence-electron chi connectivity index (χ1n) is 11.8. The van der Waals surface area contributed by atoms with Gasteiger partial charge in [-0.15, -0.1) is 0 Å².